The number of carbonyl (C=O) groups excluding carboxylic acids is 2. The summed E-state index contributed by atoms with van der Waals surface area (Å²) in [6.45, 7) is 5.89. The molecule has 3 aromatic rings. The normalized spacial score (nSPS) is 10.2. The van der Waals surface area contributed by atoms with Crippen LogP contribution < -0.4 is 9.47 Å². The monoisotopic (exact) mass is 372 g/mol. The van der Waals surface area contributed by atoms with E-state index >= 15 is 0 Å². The van der Waals surface area contributed by atoms with Gasteiger partial charge in [0.05, 0.1) is 0 Å². The standard InChI is InChI=1S/C24H20O4/c1-3-17-15-22(27-16-25)13-14-23(17)20-7-5-18(6-8-20)19-9-11-21(12-10-19)28-24(26)4-2/h4-16H,2-3H2,1H3. The van der Waals surface area contributed by atoms with Gasteiger partial charge < -0.3 is 9.47 Å². The number of hydrogen-bond acceptors (Lipinski definition) is 4. The van der Waals surface area contributed by atoms with Crippen LogP contribution in [0.3, 0.4) is 0 Å². The van der Waals surface area contributed by atoms with Crippen molar-refractivity contribution in [3.05, 3.63) is 84.9 Å². The van der Waals surface area contributed by atoms with E-state index < -0.39 is 5.97 Å². The number of hydrogen-bond donors (Lipinski definition) is 0. The highest BCUT2D eigenvalue weighted by Crippen LogP contribution is 2.30. The summed E-state index contributed by atoms with van der Waals surface area (Å²) in [4.78, 5) is 21.8. The fourth-order valence-corrected chi connectivity index (χ4v) is 2.99. The lowest BCUT2D eigenvalue weighted by molar-refractivity contribution is -0.129. The molecular formula is C24H20O4. The third kappa shape index (κ3) is 4.35. The quantitative estimate of drug-likeness (QED) is 0.247. The van der Waals surface area contributed by atoms with Crippen LogP contribution in [0, 0.1) is 0 Å². The average Bonchev–Trinajstić information content (AvgIpc) is 2.74. The molecule has 0 fully saturated rings. The number of ether oxygens (including phenoxy) is 2. The highest BCUT2D eigenvalue weighted by Gasteiger charge is 2.07. The molecule has 0 atom stereocenters. The van der Waals surface area contributed by atoms with Crippen molar-refractivity contribution in [2.45, 2.75) is 13.3 Å². The second kappa shape index (κ2) is 8.82. The van der Waals surface area contributed by atoms with Crippen molar-refractivity contribution >= 4 is 12.4 Å². The molecule has 0 aliphatic carbocycles. The minimum atomic E-state index is -0.478. The summed E-state index contributed by atoms with van der Waals surface area (Å²) in [5.74, 6) is 0.549. The van der Waals surface area contributed by atoms with E-state index in [1.165, 1.54) is 0 Å². The van der Waals surface area contributed by atoms with Gasteiger partial charge in [-0.1, -0.05) is 56.0 Å². The van der Waals surface area contributed by atoms with E-state index in [0.717, 1.165) is 40.3 Å². The van der Waals surface area contributed by atoms with Crippen molar-refractivity contribution in [2.24, 2.45) is 0 Å². The van der Waals surface area contributed by atoms with E-state index in [2.05, 4.69) is 37.8 Å². The summed E-state index contributed by atoms with van der Waals surface area (Å²) in [6, 6.07) is 21.2. The fraction of sp³-hybridized carbons (Fsp3) is 0.0833. The Morgan fingerprint density at radius 1 is 0.893 bits per heavy atom. The van der Waals surface area contributed by atoms with Gasteiger partial charge in [-0.3, -0.25) is 4.79 Å². The number of esters is 1. The van der Waals surface area contributed by atoms with E-state index in [0.29, 0.717) is 18.0 Å². The lowest BCUT2D eigenvalue weighted by atomic mass is 9.95. The summed E-state index contributed by atoms with van der Waals surface area (Å²) in [6.07, 6.45) is 1.97. The molecule has 4 heteroatoms. The first-order valence-electron chi connectivity index (χ1n) is 8.93. The SMILES string of the molecule is C=CC(=O)Oc1ccc(-c2ccc(-c3ccc(OC=O)cc3CC)cc2)cc1. The molecule has 0 N–H and O–H groups in total. The molecule has 0 heterocycles. The number of rotatable bonds is 7. The van der Waals surface area contributed by atoms with Gasteiger partial charge >= 0.3 is 5.97 Å². The third-order valence-corrected chi connectivity index (χ3v) is 4.41. The molecule has 0 aliphatic heterocycles. The van der Waals surface area contributed by atoms with Crippen molar-refractivity contribution < 1.29 is 19.1 Å². The van der Waals surface area contributed by atoms with Crippen LogP contribution in [0.1, 0.15) is 12.5 Å². The summed E-state index contributed by atoms with van der Waals surface area (Å²) in [5.41, 5.74) is 5.40. The maximum Gasteiger partial charge on any atom is 0.335 e. The predicted octanol–water partition coefficient (Wildman–Crippen LogP) is 5.21. The van der Waals surface area contributed by atoms with Crippen LogP contribution in [0.4, 0.5) is 0 Å². The molecular weight excluding hydrogens is 352 g/mol. The Hall–Kier alpha value is -3.66. The lowest BCUT2D eigenvalue weighted by Crippen LogP contribution is -2.02. The lowest BCUT2D eigenvalue weighted by Gasteiger charge is -2.11. The minimum Gasteiger partial charge on any atom is -0.429 e. The first-order chi connectivity index (χ1) is 13.6. The molecule has 0 saturated heterocycles. The summed E-state index contributed by atoms with van der Waals surface area (Å²) < 4.78 is 10.0. The molecule has 0 aliphatic rings. The van der Waals surface area contributed by atoms with Gasteiger partial charge in [-0.25, -0.2) is 4.79 Å². The maximum absolute atomic E-state index is 11.3. The second-order valence-corrected chi connectivity index (χ2v) is 6.11. The van der Waals surface area contributed by atoms with E-state index in [1.807, 2.05) is 24.3 Å². The molecule has 28 heavy (non-hydrogen) atoms. The zero-order valence-electron chi connectivity index (χ0n) is 15.6. The topological polar surface area (TPSA) is 52.6 Å². The molecule has 0 amide bonds. The third-order valence-electron chi connectivity index (χ3n) is 4.41. The molecule has 0 aromatic heterocycles. The molecule has 0 spiro atoms. The average molecular weight is 372 g/mol. The van der Waals surface area contributed by atoms with Gasteiger partial charge in [-0.15, -0.1) is 0 Å². The Bertz CT molecular complexity index is 986. The number of benzene rings is 3. The van der Waals surface area contributed by atoms with E-state index in [4.69, 9.17) is 9.47 Å². The molecule has 0 bridgehead atoms. The summed E-state index contributed by atoms with van der Waals surface area (Å²) >= 11 is 0. The molecule has 0 unspecified atom stereocenters. The van der Waals surface area contributed by atoms with Crippen molar-refractivity contribution in [3.63, 3.8) is 0 Å². The van der Waals surface area contributed by atoms with E-state index in [1.54, 1.807) is 18.2 Å². The molecule has 3 rings (SSSR count). The van der Waals surface area contributed by atoms with Gasteiger partial charge in [-0.2, -0.15) is 0 Å². The van der Waals surface area contributed by atoms with Crippen LogP contribution in [-0.2, 0) is 16.0 Å². The summed E-state index contributed by atoms with van der Waals surface area (Å²) in [7, 11) is 0. The van der Waals surface area contributed by atoms with Crippen molar-refractivity contribution in [1.82, 2.24) is 0 Å². The van der Waals surface area contributed by atoms with Crippen molar-refractivity contribution in [1.29, 1.82) is 0 Å². The van der Waals surface area contributed by atoms with Crippen LogP contribution >= 0.6 is 0 Å². The van der Waals surface area contributed by atoms with Crippen LogP contribution in [0.5, 0.6) is 11.5 Å². The molecule has 4 nitrogen and oxygen atoms in total. The van der Waals surface area contributed by atoms with Crippen LogP contribution in [-0.4, -0.2) is 12.4 Å². The van der Waals surface area contributed by atoms with Gasteiger partial charge in [0.1, 0.15) is 11.5 Å². The zero-order valence-corrected chi connectivity index (χ0v) is 15.6. The highest BCUT2D eigenvalue weighted by atomic mass is 16.5. The largest absolute Gasteiger partial charge is 0.429 e. The van der Waals surface area contributed by atoms with Crippen LogP contribution in [0.2, 0.25) is 0 Å². The van der Waals surface area contributed by atoms with Crippen LogP contribution in [0.15, 0.2) is 79.4 Å². The predicted molar refractivity (Wildman–Crippen MR) is 109 cm³/mol. The van der Waals surface area contributed by atoms with Crippen molar-refractivity contribution in [3.8, 4) is 33.8 Å². The van der Waals surface area contributed by atoms with Gasteiger partial charge in [0.25, 0.3) is 6.47 Å². The highest BCUT2D eigenvalue weighted by molar-refractivity contribution is 5.83. The minimum absolute atomic E-state index is 0.437. The molecule has 0 saturated carbocycles. The Kier molecular flexibility index (Phi) is 6.02. The second-order valence-electron chi connectivity index (χ2n) is 6.11. The first-order valence-corrected chi connectivity index (χ1v) is 8.93. The Balaban J connectivity index is 1.83. The Morgan fingerprint density at radius 3 is 2.04 bits per heavy atom. The van der Waals surface area contributed by atoms with Gasteiger partial charge in [-0.05, 0) is 58.5 Å². The van der Waals surface area contributed by atoms with Crippen molar-refractivity contribution in [2.75, 3.05) is 0 Å². The van der Waals surface area contributed by atoms with Gasteiger partial charge in [0.2, 0.25) is 0 Å². The first kappa shape index (κ1) is 19.1. The number of aryl methyl sites for hydroxylation is 1. The van der Waals surface area contributed by atoms with Crippen LogP contribution in [0.25, 0.3) is 22.3 Å². The fourth-order valence-electron chi connectivity index (χ4n) is 2.99. The van der Waals surface area contributed by atoms with Gasteiger partial charge in [0.15, 0.2) is 0 Å². The summed E-state index contributed by atoms with van der Waals surface area (Å²) in [5, 5.41) is 0. The maximum atomic E-state index is 11.3. The molecule has 3 aromatic carbocycles. The number of carbonyl (C=O) groups is 2. The van der Waals surface area contributed by atoms with E-state index in [-0.39, 0.29) is 0 Å². The molecule has 140 valence electrons. The van der Waals surface area contributed by atoms with E-state index in [9.17, 15) is 9.59 Å². The zero-order chi connectivity index (χ0) is 19.9. The smallest absolute Gasteiger partial charge is 0.335 e. The molecule has 0 radical (unpaired) electrons. The van der Waals surface area contributed by atoms with Gasteiger partial charge in [0, 0.05) is 6.08 Å². The Morgan fingerprint density at radius 2 is 1.46 bits per heavy atom. The Labute approximate surface area is 164 Å².